The molecule has 11 aromatic rings. The van der Waals surface area contributed by atoms with Crippen LogP contribution in [0.15, 0.2) is 194 Å². The lowest BCUT2D eigenvalue weighted by Crippen LogP contribution is -2.01. The number of fused-ring (bicyclic) bond motifs is 7. The maximum atomic E-state index is 5.14. The first kappa shape index (κ1) is 31.1. The fraction of sp³-hybridized carbons (Fsp3) is 0. The highest BCUT2D eigenvalue weighted by molar-refractivity contribution is 6.19. The van der Waals surface area contributed by atoms with Crippen LogP contribution in [0.3, 0.4) is 0 Å². The normalized spacial score (nSPS) is 11.6. The van der Waals surface area contributed by atoms with E-state index in [1.807, 2.05) is 36.4 Å². The smallest absolute Gasteiger partial charge is 0.164 e. The van der Waals surface area contributed by atoms with E-state index < -0.39 is 0 Å². The molecule has 256 valence electrons. The van der Waals surface area contributed by atoms with Gasteiger partial charge in [-0.05, 0) is 74.5 Å². The Kier molecular flexibility index (Phi) is 7.14. The van der Waals surface area contributed by atoms with E-state index in [1.54, 1.807) is 0 Å². The van der Waals surface area contributed by atoms with Crippen molar-refractivity contribution in [2.75, 3.05) is 0 Å². The van der Waals surface area contributed by atoms with Gasteiger partial charge in [-0.3, -0.25) is 0 Å². The van der Waals surface area contributed by atoms with Gasteiger partial charge in [-0.2, -0.15) is 0 Å². The van der Waals surface area contributed by atoms with Crippen LogP contribution >= 0.6 is 0 Å². The third-order valence-electron chi connectivity index (χ3n) is 10.8. The van der Waals surface area contributed by atoms with Crippen LogP contribution < -0.4 is 0 Å². The molecule has 0 spiro atoms. The van der Waals surface area contributed by atoms with Crippen molar-refractivity contribution >= 4 is 54.1 Å². The van der Waals surface area contributed by atoms with Crippen LogP contribution in [-0.2, 0) is 0 Å². The molecule has 0 N–H and O–H groups in total. The Bertz CT molecular complexity index is 3180. The molecular formula is C51H32N4. The van der Waals surface area contributed by atoms with Gasteiger partial charge < -0.3 is 4.57 Å². The van der Waals surface area contributed by atoms with Crippen LogP contribution in [0.5, 0.6) is 0 Å². The van der Waals surface area contributed by atoms with Gasteiger partial charge in [-0.25, -0.2) is 15.0 Å². The van der Waals surface area contributed by atoms with Gasteiger partial charge >= 0.3 is 0 Å². The highest BCUT2D eigenvalue weighted by Crippen LogP contribution is 2.41. The first-order valence-electron chi connectivity index (χ1n) is 18.6. The van der Waals surface area contributed by atoms with Crippen LogP contribution in [-0.4, -0.2) is 19.5 Å². The van der Waals surface area contributed by atoms with Crippen molar-refractivity contribution in [2.24, 2.45) is 0 Å². The SMILES string of the molecule is c1ccc(-c2ccc3c(c2)c2ccccc2n3-c2cc3ccccc3c3cc4cccc(-c5nc(-c6ccccc6)nc(-c6ccccc6)n5)c4cc23)cc1. The van der Waals surface area contributed by atoms with E-state index in [2.05, 4.69) is 162 Å². The van der Waals surface area contributed by atoms with Gasteiger partial charge in [0.15, 0.2) is 17.5 Å². The Balaban J connectivity index is 1.21. The predicted octanol–water partition coefficient (Wildman–Crippen LogP) is 13.1. The molecule has 0 fully saturated rings. The van der Waals surface area contributed by atoms with Crippen molar-refractivity contribution in [2.45, 2.75) is 0 Å². The van der Waals surface area contributed by atoms with Crippen molar-refractivity contribution in [3.8, 4) is 51.0 Å². The van der Waals surface area contributed by atoms with Gasteiger partial charge in [0.2, 0.25) is 0 Å². The topological polar surface area (TPSA) is 43.6 Å². The summed E-state index contributed by atoms with van der Waals surface area (Å²) in [6, 6.07) is 68.8. The molecule has 0 atom stereocenters. The van der Waals surface area contributed by atoms with Gasteiger partial charge in [0.05, 0.1) is 16.7 Å². The third kappa shape index (κ3) is 5.19. The minimum absolute atomic E-state index is 0.644. The summed E-state index contributed by atoms with van der Waals surface area (Å²) in [6.07, 6.45) is 0. The molecule has 55 heavy (non-hydrogen) atoms. The number of nitrogens with zero attached hydrogens (tertiary/aromatic N) is 4. The zero-order chi connectivity index (χ0) is 36.3. The van der Waals surface area contributed by atoms with E-state index in [4.69, 9.17) is 15.0 Å². The summed E-state index contributed by atoms with van der Waals surface area (Å²) in [7, 11) is 0. The average molecular weight is 701 g/mol. The summed E-state index contributed by atoms with van der Waals surface area (Å²) < 4.78 is 2.45. The molecule has 0 saturated carbocycles. The fourth-order valence-electron chi connectivity index (χ4n) is 8.20. The summed E-state index contributed by atoms with van der Waals surface area (Å²) in [6.45, 7) is 0. The van der Waals surface area contributed by atoms with Crippen molar-refractivity contribution in [3.05, 3.63) is 194 Å². The minimum atomic E-state index is 0.644. The molecular weight excluding hydrogens is 669 g/mol. The first-order valence-corrected chi connectivity index (χ1v) is 18.6. The van der Waals surface area contributed by atoms with Crippen LogP contribution in [0, 0.1) is 0 Å². The number of rotatable bonds is 5. The molecule has 0 saturated heterocycles. The second kappa shape index (κ2) is 12.6. The van der Waals surface area contributed by atoms with Crippen molar-refractivity contribution in [1.82, 2.24) is 19.5 Å². The fourth-order valence-corrected chi connectivity index (χ4v) is 8.20. The largest absolute Gasteiger partial charge is 0.309 e. The molecule has 0 bridgehead atoms. The first-order chi connectivity index (χ1) is 27.3. The Morgan fingerprint density at radius 2 is 0.855 bits per heavy atom. The van der Waals surface area contributed by atoms with E-state index in [1.165, 1.54) is 49.1 Å². The van der Waals surface area contributed by atoms with Crippen molar-refractivity contribution in [3.63, 3.8) is 0 Å². The van der Waals surface area contributed by atoms with E-state index in [-0.39, 0.29) is 0 Å². The number of hydrogen-bond donors (Lipinski definition) is 0. The number of hydrogen-bond acceptors (Lipinski definition) is 3. The van der Waals surface area contributed by atoms with Gasteiger partial charge in [0, 0.05) is 32.8 Å². The highest BCUT2D eigenvalue weighted by atomic mass is 15.0. The number of benzene rings is 9. The Morgan fingerprint density at radius 3 is 1.58 bits per heavy atom. The molecule has 11 rings (SSSR count). The number of aromatic nitrogens is 4. The van der Waals surface area contributed by atoms with Crippen molar-refractivity contribution in [1.29, 1.82) is 0 Å². The standard InChI is InChI=1S/C51H32N4/c1-4-15-33(16-5-1)36-27-28-47-44(29-36)40-24-12-13-26-46(40)55(47)48-31-38-21-10-11-23-39(38)43-30-37-22-14-25-41(42(37)32-45(43)48)51-53-49(34-17-6-2-7-18-34)52-50(54-51)35-19-8-3-9-20-35/h1-32H. The van der Waals surface area contributed by atoms with E-state index in [0.29, 0.717) is 17.5 Å². The van der Waals surface area contributed by atoms with Gasteiger partial charge in [-0.1, -0.05) is 158 Å². The Hall–Kier alpha value is -7.43. The zero-order valence-corrected chi connectivity index (χ0v) is 29.8. The molecule has 0 aliphatic carbocycles. The lowest BCUT2D eigenvalue weighted by Gasteiger charge is -2.16. The Morgan fingerprint density at radius 1 is 0.291 bits per heavy atom. The molecule has 0 amide bonds. The van der Waals surface area contributed by atoms with E-state index in [0.717, 1.165) is 38.5 Å². The second-order valence-corrected chi connectivity index (χ2v) is 14.0. The molecule has 4 heteroatoms. The minimum Gasteiger partial charge on any atom is -0.309 e. The van der Waals surface area contributed by atoms with Crippen molar-refractivity contribution < 1.29 is 0 Å². The molecule has 0 unspecified atom stereocenters. The lowest BCUT2D eigenvalue weighted by molar-refractivity contribution is 1.08. The Labute approximate surface area is 317 Å². The average Bonchev–Trinajstić information content (AvgIpc) is 3.59. The number of para-hydroxylation sites is 1. The third-order valence-corrected chi connectivity index (χ3v) is 10.8. The molecule has 0 aliphatic rings. The van der Waals surface area contributed by atoms with Crippen LogP contribution in [0.1, 0.15) is 0 Å². The van der Waals surface area contributed by atoms with Crippen LogP contribution in [0.25, 0.3) is 105 Å². The zero-order valence-electron chi connectivity index (χ0n) is 29.8. The molecule has 0 aliphatic heterocycles. The highest BCUT2D eigenvalue weighted by Gasteiger charge is 2.19. The van der Waals surface area contributed by atoms with Gasteiger partial charge in [-0.15, -0.1) is 0 Å². The van der Waals surface area contributed by atoms with Gasteiger partial charge in [0.1, 0.15) is 0 Å². The summed E-state index contributed by atoms with van der Waals surface area (Å²) in [4.78, 5) is 15.2. The molecule has 2 aromatic heterocycles. The van der Waals surface area contributed by atoms with E-state index >= 15 is 0 Å². The predicted molar refractivity (Wildman–Crippen MR) is 228 cm³/mol. The second-order valence-electron chi connectivity index (χ2n) is 14.0. The molecule has 4 nitrogen and oxygen atoms in total. The van der Waals surface area contributed by atoms with Crippen LogP contribution in [0.2, 0.25) is 0 Å². The quantitative estimate of drug-likeness (QED) is 0.133. The summed E-state index contributed by atoms with van der Waals surface area (Å²) in [5.41, 5.74) is 8.75. The van der Waals surface area contributed by atoms with Crippen LogP contribution in [0.4, 0.5) is 0 Å². The summed E-state index contributed by atoms with van der Waals surface area (Å²) in [5.74, 6) is 1.94. The monoisotopic (exact) mass is 700 g/mol. The maximum absolute atomic E-state index is 5.14. The molecule has 2 heterocycles. The maximum Gasteiger partial charge on any atom is 0.164 e. The van der Waals surface area contributed by atoms with E-state index in [9.17, 15) is 0 Å². The van der Waals surface area contributed by atoms with Gasteiger partial charge in [0.25, 0.3) is 0 Å². The molecule has 0 radical (unpaired) electrons. The lowest BCUT2D eigenvalue weighted by atomic mass is 9.94. The summed E-state index contributed by atoms with van der Waals surface area (Å²) in [5, 5.41) is 9.46. The molecule has 9 aromatic carbocycles. The summed E-state index contributed by atoms with van der Waals surface area (Å²) >= 11 is 0.